The fraction of sp³-hybridized carbons (Fsp3) is 0.400. The number of aryl methyl sites for hydroxylation is 1. The molecule has 0 aromatic carbocycles. The largest absolute Gasteiger partial charge is 0.384 e. The minimum absolute atomic E-state index is 0.180. The Morgan fingerprint density at radius 3 is 2.71 bits per heavy atom. The Balaban J connectivity index is 1.92. The lowest BCUT2D eigenvalue weighted by atomic mass is 10.2. The van der Waals surface area contributed by atoms with Crippen LogP contribution in [0.25, 0.3) is 0 Å². The molecule has 0 unspecified atom stereocenters. The van der Waals surface area contributed by atoms with Crippen molar-refractivity contribution in [3.8, 4) is 0 Å². The highest BCUT2D eigenvalue weighted by molar-refractivity contribution is 5.92. The van der Waals surface area contributed by atoms with Crippen LogP contribution in [0.3, 0.4) is 0 Å². The molecule has 0 fully saturated rings. The summed E-state index contributed by atoms with van der Waals surface area (Å²) in [5.41, 5.74) is 3.39. The van der Waals surface area contributed by atoms with E-state index in [0.29, 0.717) is 12.2 Å². The van der Waals surface area contributed by atoms with E-state index in [1.165, 1.54) is 0 Å². The van der Waals surface area contributed by atoms with Crippen LogP contribution < -0.4 is 10.6 Å². The number of hydrogen-bond donors (Lipinski definition) is 2. The second kappa shape index (κ2) is 6.88. The number of hydrogen-bond acceptors (Lipinski definition) is 4. The Hall–Kier alpha value is -2.37. The molecular weight excluding hydrogens is 266 g/mol. The molecular formula is C15H21N5O. The normalized spacial score (nSPS) is 10.4. The number of pyridine rings is 1. The molecule has 0 aliphatic carbocycles. The first-order chi connectivity index (χ1) is 10.1. The molecule has 2 heterocycles. The quantitative estimate of drug-likeness (QED) is 0.851. The van der Waals surface area contributed by atoms with Gasteiger partial charge in [0.1, 0.15) is 5.69 Å². The van der Waals surface area contributed by atoms with Crippen LogP contribution >= 0.6 is 0 Å². The maximum Gasteiger partial charge on any atom is 0.270 e. The summed E-state index contributed by atoms with van der Waals surface area (Å²) >= 11 is 0. The van der Waals surface area contributed by atoms with Crippen LogP contribution in [-0.2, 0) is 13.6 Å². The van der Waals surface area contributed by atoms with E-state index in [2.05, 4.69) is 27.6 Å². The number of carbonyl (C=O) groups excluding carboxylic acids is 1. The summed E-state index contributed by atoms with van der Waals surface area (Å²) in [6.07, 6.45) is 4.49. The first-order valence-electron chi connectivity index (χ1n) is 7.07. The average Bonchev–Trinajstić information content (AvgIpc) is 2.83. The highest BCUT2D eigenvalue weighted by Gasteiger charge is 2.09. The molecule has 0 saturated carbocycles. The fourth-order valence-electron chi connectivity index (χ4n) is 1.89. The van der Waals surface area contributed by atoms with Gasteiger partial charge in [0, 0.05) is 31.4 Å². The molecule has 2 aromatic heterocycles. The summed E-state index contributed by atoms with van der Waals surface area (Å²) in [5.74, 6) is -0.180. The smallest absolute Gasteiger partial charge is 0.270 e. The number of aromatic nitrogens is 3. The standard InChI is InChI=1S/C15H21N5O/c1-4-7-16-13-5-6-14(17-10-13)15(21)18-8-12-9-19-20(3)11(12)2/h5-6,9-10,16H,4,7-8H2,1-3H3,(H,18,21). The third-order valence-electron chi connectivity index (χ3n) is 3.35. The molecule has 21 heavy (non-hydrogen) atoms. The lowest BCUT2D eigenvalue weighted by Gasteiger charge is -2.06. The molecule has 112 valence electrons. The van der Waals surface area contributed by atoms with Crippen molar-refractivity contribution in [2.75, 3.05) is 11.9 Å². The second-order valence-electron chi connectivity index (χ2n) is 4.92. The topological polar surface area (TPSA) is 71.8 Å². The number of carbonyl (C=O) groups is 1. The van der Waals surface area contributed by atoms with Gasteiger partial charge < -0.3 is 10.6 Å². The fourth-order valence-corrected chi connectivity index (χ4v) is 1.89. The summed E-state index contributed by atoms with van der Waals surface area (Å²) in [5, 5.41) is 10.2. The van der Waals surface area contributed by atoms with Crippen molar-refractivity contribution in [2.45, 2.75) is 26.8 Å². The molecule has 0 spiro atoms. The van der Waals surface area contributed by atoms with Crippen LogP contribution in [0.15, 0.2) is 24.5 Å². The van der Waals surface area contributed by atoms with E-state index in [-0.39, 0.29) is 5.91 Å². The molecule has 0 bridgehead atoms. The molecule has 2 N–H and O–H groups in total. The van der Waals surface area contributed by atoms with Gasteiger partial charge in [0.2, 0.25) is 0 Å². The molecule has 2 aromatic rings. The second-order valence-corrected chi connectivity index (χ2v) is 4.92. The van der Waals surface area contributed by atoms with Crippen LogP contribution in [0.2, 0.25) is 0 Å². The minimum Gasteiger partial charge on any atom is -0.384 e. The first-order valence-corrected chi connectivity index (χ1v) is 7.07. The van der Waals surface area contributed by atoms with Gasteiger partial charge in [-0.15, -0.1) is 0 Å². The summed E-state index contributed by atoms with van der Waals surface area (Å²) in [4.78, 5) is 16.2. The van der Waals surface area contributed by atoms with Gasteiger partial charge in [0.15, 0.2) is 0 Å². The van der Waals surface area contributed by atoms with Crippen molar-refractivity contribution in [3.05, 3.63) is 41.5 Å². The third-order valence-corrected chi connectivity index (χ3v) is 3.35. The Morgan fingerprint density at radius 2 is 2.14 bits per heavy atom. The number of anilines is 1. The maximum absolute atomic E-state index is 12.0. The van der Waals surface area contributed by atoms with Crippen molar-refractivity contribution in [3.63, 3.8) is 0 Å². The van der Waals surface area contributed by atoms with Crippen molar-refractivity contribution >= 4 is 11.6 Å². The Kier molecular flexibility index (Phi) is 4.92. The molecule has 6 nitrogen and oxygen atoms in total. The van der Waals surface area contributed by atoms with E-state index in [4.69, 9.17) is 0 Å². The van der Waals surface area contributed by atoms with E-state index in [0.717, 1.165) is 29.9 Å². The maximum atomic E-state index is 12.0. The van der Waals surface area contributed by atoms with E-state index in [1.807, 2.05) is 20.0 Å². The van der Waals surface area contributed by atoms with Gasteiger partial charge in [-0.25, -0.2) is 4.98 Å². The molecule has 0 atom stereocenters. The van der Waals surface area contributed by atoms with Gasteiger partial charge in [-0.3, -0.25) is 9.48 Å². The van der Waals surface area contributed by atoms with E-state index in [1.54, 1.807) is 23.1 Å². The number of nitrogens with zero attached hydrogens (tertiary/aromatic N) is 3. The Bertz CT molecular complexity index is 603. The van der Waals surface area contributed by atoms with Gasteiger partial charge in [-0.05, 0) is 25.5 Å². The summed E-state index contributed by atoms with van der Waals surface area (Å²) in [7, 11) is 1.88. The zero-order valence-corrected chi connectivity index (χ0v) is 12.7. The van der Waals surface area contributed by atoms with Crippen molar-refractivity contribution in [1.29, 1.82) is 0 Å². The predicted molar refractivity (Wildman–Crippen MR) is 82.1 cm³/mol. The average molecular weight is 287 g/mol. The highest BCUT2D eigenvalue weighted by Crippen LogP contribution is 2.08. The SMILES string of the molecule is CCCNc1ccc(C(=O)NCc2cnn(C)c2C)nc1. The molecule has 0 aliphatic heterocycles. The Morgan fingerprint density at radius 1 is 1.33 bits per heavy atom. The Labute approximate surface area is 124 Å². The summed E-state index contributed by atoms with van der Waals surface area (Å²) in [6, 6.07) is 3.59. The first kappa shape index (κ1) is 15.0. The zero-order chi connectivity index (χ0) is 15.2. The number of amides is 1. The van der Waals surface area contributed by atoms with Crippen LogP contribution in [0.5, 0.6) is 0 Å². The van der Waals surface area contributed by atoms with Crippen LogP contribution in [0.4, 0.5) is 5.69 Å². The van der Waals surface area contributed by atoms with E-state index < -0.39 is 0 Å². The lowest BCUT2D eigenvalue weighted by Crippen LogP contribution is -2.24. The van der Waals surface area contributed by atoms with E-state index in [9.17, 15) is 4.79 Å². The van der Waals surface area contributed by atoms with Gasteiger partial charge in [-0.1, -0.05) is 6.92 Å². The van der Waals surface area contributed by atoms with Crippen molar-refractivity contribution < 1.29 is 4.79 Å². The van der Waals surface area contributed by atoms with Gasteiger partial charge in [-0.2, -0.15) is 5.10 Å². The minimum atomic E-state index is -0.180. The predicted octanol–water partition coefficient (Wildman–Crippen LogP) is 1.88. The van der Waals surface area contributed by atoms with Crippen molar-refractivity contribution in [1.82, 2.24) is 20.1 Å². The highest BCUT2D eigenvalue weighted by atomic mass is 16.1. The van der Waals surface area contributed by atoms with Gasteiger partial charge in [0.25, 0.3) is 5.91 Å². The number of rotatable bonds is 6. The van der Waals surface area contributed by atoms with Crippen LogP contribution in [0, 0.1) is 6.92 Å². The molecule has 1 amide bonds. The molecule has 2 rings (SSSR count). The molecule has 0 saturated heterocycles. The number of nitrogens with one attached hydrogen (secondary N) is 2. The molecule has 0 radical (unpaired) electrons. The summed E-state index contributed by atoms with van der Waals surface area (Å²) < 4.78 is 1.79. The lowest BCUT2D eigenvalue weighted by molar-refractivity contribution is 0.0946. The van der Waals surface area contributed by atoms with Gasteiger partial charge in [0.05, 0.1) is 18.1 Å². The van der Waals surface area contributed by atoms with Gasteiger partial charge >= 0.3 is 0 Å². The zero-order valence-electron chi connectivity index (χ0n) is 12.7. The molecule has 6 heteroatoms. The summed E-state index contributed by atoms with van der Waals surface area (Å²) in [6.45, 7) is 5.42. The van der Waals surface area contributed by atoms with Crippen LogP contribution in [-0.4, -0.2) is 27.2 Å². The van der Waals surface area contributed by atoms with E-state index >= 15 is 0 Å². The van der Waals surface area contributed by atoms with Crippen molar-refractivity contribution in [2.24, 2.45) is 7.05 Å². The third kappa shape index (κ3) is 3.81. The monoisotopic (exact) mass is 287 g/mol. The molecule has 0 aliphatic rings. The van der Waals surface area contributed by atoms with Crippen LogP contribution in [0.1, 0.15) is 35.1 Å².